The summed E-state index contributed by atoms with van der Waals surface area (Å²) in [5.41, 5.74) is 2.93. The van der Waals surface area contributed by atoms with Gasteiger partial charge in [0, 0.05) is 29.1 Å². The number of nitrogens with zero attached hydrogens (tertiary/aromatic N) is 2. The van der Waals surface area contributed by atoms with Gasteiger partial charge >= 0.3 is 5.97 Å². The van der Waals surface area contributed by atoms with Crippen molar-refractivity contribution < 1.29 is 32.2 Å². The highest BCUT2D eigenvalue weighted by Gasteiger charge is 2.35. The van der Waals surface area contributed by atoms with Crippen LogP contribution in [-0.4, -0.2) is 48.1 Å². The minimum absolute atomic E-state index is 0.247. The zero-order chi connectivity index (χ0) is 26.8. The zero-order valence-electron chi connectivity index (χ0n) is 19.7. The number of hydrogen-bond donors (Lipinski definition) is 4. The summed E-state index contributed by atoms with van der Waals surface area (Å²) in [6.45, 7) is 0.840. The quantitative estimate of drug-likeness (QED) is 0.180. The number of aromatic nitrogens is 1. The third-order valence-corrected chi connectivity index (χ3v) is 8.26. The number of nitrogens with one attached hydrogen (secondary N) is 1. The second-order valence-corrected chi connectivity index (χ2v) is 11.2. The minimum Gasteiger partial charge on any atom is -0.481 e. The van der Waals surface area contributed by atoms with Crippen LogP contribution in [0.1, 0.15) is 28.8 Å². The maximum absolute atomic E-state index is 13.8. The number of hydrogen-bond acceptors (Lipinski definition) is 9. The van der Waals surface area contributed by atoms with E-state index in [0.29, 0.717) is 63.4 Å². The van der Waals surface area contributed by atoms with Gasteiger partial charge in [-0.2, -0.15) is 8.42 Å². The van der Waals surface area contributed by atoms with Crippen LogP contribution in [0.25, 0.3) is 22.2 Å². The normalized spacial score (nSPS) is 16.9. The monoisotopic (exact) mass is 551 g/mol. The molecule has 3 aromatic carbocycles. The molecule has 0 spiro atoms. The summed E-state index contributed by atoms with van der Waals surface area (Å²) in [7, 11) is -4.49. The van der Waals surface area contributed by atoms with Crippen LogP contribution in [-0.2, 0) is 14.9 Å². The van der Waals surface area contributed by atoms with Crippen molar-refractivity contribution in [3.8, 4) is 11.3 Å². The number of carbonyl (C=O) groups excluding carboxylic acids is 1. The fourth-order valence-electron chi connectivity index (χ4n) is 5.20. The highest BCUT2D eigenvalue weighted by molar-refractivity contribution is 7.85. The highest BCUT2D eigenvalue weighted by Crippen LogP contribution is 2.47. The number of aliphatic carboxylic acids is 1. The Bertz CT molecular complexity index is 1760. The number of piperidine rings is 1. The SMILES string of the molecule is O=C1c2ccccc2-c2onc3c(N4CCC[C@H](C(=O)O)C4)cc(Nc4cc(S(=O)(=O)O)ccc4S)c1c23. The van der Waals surface area contributed by atoms with Crippen molar-refractivity contribution in [1.82, 2.24) is 5.16 Å². The number of rotatable bonds is 5. The van der Waals surface area contributed by atoms with Gasteiger partial charge in [0.25, 0.3) is 10.1 Å². The van der Waals surface area contributed by atoms with E-state index in [4.69, 9.17) is 4.52 Å². The first-order valence-electron chi connectivity index (χ1n) is 11.8. The number of thiol groups is 1. The summed E-state index contributed by atoms with van der Waals surface area (Å²) in [6.07, 6.45) is 1.21. The topological polar surface area (TPSA) is 150 Å². The van der Waals surface area contributed by atoms with Crippen LogP contribution in [0.4, 0.5) is 17.1 Å². The average Bonchev–Trinajstić information content (AvgIpc) is 3.33. The maximum Gasteiger partial charge on any atom is 0.308 e. The smallest absolute Gasteiger partial charge is 0.308 e. The number of carboxylic acid groups (broad SMARTS) is 1. The molecule has 12 heteroatoms. The molecular weight excluding hydrogens is 530 g/mol. The summed E-state index contributed by atoms with van der Waals surface area (Å²) < 4.78 is 38.9. The van der Waals surface area contributed by atoms with Crippen molar-refractivity contribution in [2.75, 3.05) is 23.3 Å². The summed E-state index contributed by atoms with van der Waals surface area (Å²) >= 11 is 4.43. The van der Waals surface area contributed by atoms with Gasteiger partial charge in [0.15, 0.2) is 11.5 Å². The molecule has 1 aliphatic heterocycles. The van der Waals surface area contributed by atoms with Gasteiger partial charge in [-0.25, -0.2) is 0 Å². The van der Waals surface area contributed by atoms with Crippen LogP contribution < -0.4 is 10.2 Å². The van der Waals surface area contributed by atoms with E-state index in [2.05, 4.69) is 23.1 Å². The van der Waals surface area contributed by atoms with Gasteiger partial charge in [-0.3, -0.25) is 14.1 Å². The Hall–Kier alpha value is -3.87. The van der Waals surface area contributed by atoms with Crippen molar-refractivity contribution in [2.45, 2.75) is 22.6 Å². The summed E-state index contributed by atoms with van der Waals surface area (Å²) in [5.74, 6) is -1.30. The van der Waals surface area contributed by atoms with Gasteiger partial charge in [-0.15, -0.1) is 12.6 Å². The Labute approximate surface area is 222 Å². The maximum atomic E-state index is 13.8. The summed E-state index contributed by atoms with van der Waals surface area (Å²) in [4.78, 5) is 27.5. The van der Waals surface area contributed by atoms with Gasteiger partial charge in [0.1, 0.15) is 5.52 Å². The molecule has 10 nitrogen and oxygen atoms in total. The molecule has 6 rings (SSSR count). The molecule has 3 N–H and O–H groups in total. The predicted molar refractivity (Wildman–Crippen MR) is 142 cm³/mol. The van der Waals surface area contributed by atoms with Crippen LogP contribution in [0.2, 0.25) is 0 Å². The van der Waals surface area contributed by atoms with Crippen LogP contribution in [0.3, 0.4) is 0 Å². The number of fused-ring (bicyclic) bond motifs is 2. The lowest BCUT2D eigenvalue weighted by Crippen LogP contribution is -2.38. The van der Waals surface area contributed by atoms with Crippen molar-refractivity contribution in [1.29, 1.82) is 0 Å². The Balaban J connectivity index is 1.59. The van der Waals surface area contributed by atoms with Gasteiger partial charge in [-0.05, 0) is 37.1 Å². The number of carboxylic acids is 1. The molecule has 1 atom stereocenters. The van der Waals surface area contributed by atoms with Crippen LogP contribution in [0.5, 0.6) is 0 Å². The molecule has 1 saturated heterocycles. The fourth-order valence-corrected chi connectivity index (χ4v) is 5.90. The minimum atomic E-state index is -4.49. The molecule has 1 aromatic heterocycles. The first kappa shape index (κ1) is 24.5. The molecule has 0 saturated carbocycles. The Morgan fingerprint density at radius 3 is 2.63 bits per heavy atom. The third-order valence-electron chi connectivity index (χ3n) is 7.03. The van der Waals surface area contributed by atoms with E-state index in [9.17, 15) is 27.7 Å². The first-order chi connectivity index (χ1) is 18.1. The number of anilines is 3. The third kappa shape index (κ3) is 3.92. The van der Waals surface area contributed by atoms with Crippen LogP contribution >= 0.6 is 12.6 Å². The molecule has 4 aromatic rings. The van der Waals surface area contributed by atoms with Crippen LogP contribution in [0, 0.1) is 5.92 Å². The standard InChI is InChI=1S/C26H21N3O7S2/c30-24-15-5-1-2-6-16(15)25-22-21(24)18(27-17-10-14(38(33,34)35)7-8-20(17)37)11-19(23(22)28-36-25)29-9-3-4-13(12-29)26(31)32/h1-2,5-8,10-11,13,27,37H,3-4,9,12H2,(H,31,32)(H,33,34,35)/t13-/m0/s1. The number of benzene rings is 3. The molecule has 0 bridgehead atoms. The molecule has 2 heterocycles. The molecule has 194 valence electrons. The molecule has 1 fully saturated rings. The lowest BCUT2D eigenvalue weighted by atomic mass is 9.86. The molecule has 0 unspecified atom stereocenters. The van der Waals surface area contributed by atoms with Crippen molar-refractivity contribution in [3.05, 3.63) is 59.7 Å². The van der Waals surface area contributed by atoms with Gasteiger partial charge in [0.2, 0.25) is 0 Å². The predicted octanol–water partition coefficient (Wildman–Crippen LogP) is 4.62. The van der Waals surface area contributed by atoms with E-state index < -0.39 is 22.0 Å². The highest BCUT2D eigenvalue weighted by atomic mass is 32.2. The lowest BCUT2D eigenvalue weighted by molar-refractivity contribution is -0.141. The lowest BCUT2D eigenvalue weighted by Gasteiger charge is -2.33. The average molecular weight is 552 g/mol. The Morgan fingerprint density at radius 1 is 1.13 bits per heavy atom. The van der Waals surface area contributed by atoms with E-state index in [1.54, 1.807) is 30.3 Å². The number of ketones is 1. The van der Waals surface area contributed by atoms with E-state index >= 15 is 0 Å². The number of carbonyl (C=O) groups is 2. The van der Waals surface area contributed by atoms with Gasteiger partial charge in [0.05, 0.1) is 38.8 Å². The van der Waals surface area contributed by atoms with Gasteiger partial charge in [-0.1, -0.05) is 29.4 Å². The molecular formula is C26H21N3O7S2. The van der Waals surface area contributed by atoms with E-state index in [1.165, 1.54) is 18.2 Å². The molecule has 0 amide bonds. The second kappa shape index (κ2) is 8.86. The van der Waals surface area contributed by atoms with Crippen molar-refractivity contribution in [2.24, 2.45) is 5.92 Å². The van der Waals surface area contributed by atoms with E-state index in [-0.39, 0.29) is 28.5 Å². The zero-order valence-corrected chi connectivity index (χ0v) is 21.4. The van der Waals surface area contributed by atoms with E-state index in [0.717, 1.165) is 0 Å². The molecule has 38 heavy (non-hydrogen) atoms. The first-order valence-corrected chi connectivity index (χ1v) is 13.7. The van der Waals surface area contributed by atoms with Crippen LogP contribution in [0.15, 0.2) is 62.8 Å². The Morgan fingerprint density at radius 2 is 1.89 bits per heavy atom. The summed E-state index contributed by atoms with van der Waals surface area (Å²) in [5, 5.41) is 17.6. The van der Waals surface area contributed by atoms with Crippen molar-refractivity contribution >= 4 is 62.5 Å². The molecule has 2 aliphatic rings. The fraction of sp³-hybridized carbons (Fsp3) is 0.192. The second-order valence-electron chi connectivity index (χ2n) is 9.33. The Kier molecular flexibility index (Phi) is 5.70. The molecule has 1 aliphatic carbocycles. The molecule has 0 radical (unpaired) electrons. The largest absolute Gasteiger partial charge is 0.481 e. The van der Waals surface area contributed by atoms with Gasteiger partial charge < -0.3 is 19.8 Å². The summed E-state index contributed by atoms with van der Waals surface area (Å²) in [6, 6.07) is 12.6. The van der Waals surface area contributed by atoms with Crippen molar-refractivity contribution in [3.63, 3.8) is 0 Å². The van der Waals surface area contributed by atoms with E-state index in [1.807, 2.05) is 4.90 Å².